The first kappa shape index (κ1) is 31.7. The van der Waals surface area contributed by atoms with Gasteiger partial charge in [-0.25, -0.2) is 4.98 Å². The summed E-state index contributed by atoms with van der Waals surface area (Å²) in [6.45, 7) is 4.53. The molecule has 0 bridgehead atoms. The maximum atomic E-state index is 12.3. The number of rotatable bonds is 10. The summed E-state index contributed by atoms with van der Waals surface area (Å²) in [5, 5.41) is 8.82. The van der Waals surface area contributed by atoms with Crippen LogP contribution in [-0.4, -0.2) is 80.1 Å². The first-order chi connectivity index (χ1) is 21.6. The zero-order valence-electron chi connectivity index (χ0n) is 24.8. The molecular formula is C30H30N4O10S. The average Bonchev–Trinajstić information content (AvgIpc) is 3.60. The minimum absolute atomic E-state index is 0.133. The highest BCUT2D eigenvalue weighted by Gasteiger charge is 2.53. The van der Waals surface area contributed by atoms with Crippen LogP contribution >= 0.6 is 11.8 Å². The lowest BCUT2D eigenvalue weighted by molar-refractivity contribution is -0.237. The van der Waals surface area contributed by atoms with Gasteiger partial charge in [-0.3, -0.25) is 19.2 Å². The molecule has 0 saturated carbocycles. The summed E-state index contributed by atoms with van der Waals surface area (Å²) in [7, 11) is 0. The minimum atomic E-state index is -1.30. The molecule has 2 aromatic heterocycles. The molecule has 4 aromatic rings. The Morgan fingerprint density at radius 2 is 1.44 bits per heavy atom. The van der Waals surface area contributed by atoms with Crippen LogP contribution < -0.4 is 0 Å². The largest absolute Gasteiger partial charge is 0.463 e. The summed E-state index contributed by atoms with van der Waals surface area (Å²) in [6, 6.07) is 16.7. The highest BCUT2D eigenvalue weighted by molar-refractivity contribution is 7.99. The van der Waals surface area contributed by atoms with Gasteiger partial charge in [0.1, 0.15) is 19.3 Å². The molecule has 5 unspecified atom stereocenters. The van der Waals surface area contributed by atoms with E-state index in [0.717, 1.165) is 22.8 Å². The molecule has 236 valence electrons. The fourth-order valence-electron chi connectivity index (χ4n) is 4.83. The third-order valence-electron chi connectivity index (χ3n) is 6.57. The maximum absolute atomic E-state index is 12.3. The Hall–Kier alpha value is -4.76. The minimum Gasteiger partial charge on any atom is -0.463 e. The number of carbonyl (C=O) groups excluding carboxylic acids is 4. The van der Waals surface area contributed by atoms with Crippen LogP contribution in [0, 0.1) is 0 Å². The Balaban J connectivity index is 1.52. The Labute approximate surface area is 261 Å². The molecule has 5 rings (SSSR count). The average molecular weight is 639 g/mol. The summed E-state index contributed by atoms with van der Waals surface area (Å²) >= 11 is 1.07. The van der Waals surface area contributed by atoms with Crippen LogP contribution in [0.15, 0.2) is 64.2 Å². The van der Waals surface area contributed by atoms with E-state index >= 15 is 0 Å². The third kappa shape index (κ3) is 7.67. The van der Waals surface area contributed by atoms with Gasteiger partial charge in [0.25, 0.3) is 0 Å². The van der Waals surface area contributed by atoms with E-state index in [2.05, 4.69) is 10.2 Å². The smallest absolute Gasteiger partial charge is 0.303 e. The molecule has 0 amide bonds. The Morgan fingerprint density at radius 1 is 0.800 bits per heavy atom. The van der Waals surface area contributed by atoms with E-state index in [1.807, 2.05) is 59.2 Å². The summed E-state index contributed by atoms with van der Waals surface area (Å²) in [5.74, 6) is -2.07. The van der Waals surface area contributed by atoms with Crippen molar-refractivity contribution in [3.8, 4) is 11.5 Å². The van der Waals surface area contributed by atoms with E-state index in [-0.39, 0.29) is 13.2 Å². The molecule has 2 aromatic carbocycles. The van der Waals surface area contributed by atoms with Crippen molar-refractivity contribution in [1.29, 1.82) is 0 Å². The lowest BCUT2D eigenvalue weighted by Crippen LogP contribution is -2.61. The number of ether oxygens (including phenoxy) is 5. The second-order valence-electron chi connectivity index (χ2n) is 10.0. The molecule has 1 aliphatic rings. The zero-order chi connectivity index (χ0) is 32.1. The quantitative estimate of drug-likeness (QED) is 0.183. The molecule has 1 fully saturated rings. The summed E-state index contributed by atoms with van der Waals surface area (Å²) < 4.78 is 35.9. The fourth-order valence-corrected chi connectivity index (χ4v) is 6.03. The number of thioether (sulfide) groups is 1. The van der Waals surface area contributed by atoms with E-state index in [1.54, 1.807) is 0 Å². The fraction of sp³-hybridized carbons (Fsp3) is 0.367. The van der Waals surface area contributed by atoms with Crippen molar-refractivity contribution in [2.45, 2.75) is 69.2 Å². The van der Waals surface area contributed by atoms with Gasteiger partial charge in [-0.05, 0) is 24.3 Å². The van der Waals surface area contributed by atoms with Crippen LogP contribution in [0.4, 0.5) is 0 Å². The lowest BCUT2D eigenvalue weighted by Gasteiger charge is -2.44. The number of benzene rings is 2. The molecule has 0 radical (unpaired) electrons. The van der Waals surface area contributed by atoms with Gasteiger partial charge >= 0.3 is 23.9 Å². The van der Waals surface area contributed by atoms with E-state index in [1.165, 1.54) is 27.7 Å². The first-order valence-electron chi connectivity index (χ1n) is 13.9. The summed E-state index contributed by atoms with van der Waals surface area (Å²) in [6.07, 6.45) is -4.91. The van der Waals surface area contributed by atoms with Crippen molar-refractivity contribution in [2.24, 2.45) is 0 Å². The van der Waals surface area contributed by atoms with Crippen LogP contribution in [-0.2, 0) is 49.4 Å². The van der Waals surface area contributed by atoms with Gasteiger partial charge in [0.05, 0.1) is 11.0 Å². The zero-order valence-corrected chi connectivity index (χ0v) is 25.6. The van der Waals surface area contributed by atoms with Crippen molar-refractivity contribution in [1.82, 2.24) is 19.7 Å². The number of para-hydroxylation sites is 2. The van der Waals surface area contributed by atoms with Crippen molar-refractivity contribution in [3.05, 3.63) is 60.5 Å². The SMILES string of the molecule is CC(=O)OCC1OC(Sc2nc3ccccc3n2Cc2nnc(-c3ccccc3)o2)C(OC(C)=O)C(OC(C)=O)C1OC(C)=O. The summed E-state index contributed by atoms with van der Waals surface area (Å²) in [4.78, 5) is 53.0. The lowest BCUT2D eigenvalue weighted by atomic mass is 9.99. The van der Waals surface area contributed by atoms with Crippen LogP contribution in [0.25, 0.3) is 22.5 Å². The van der Waals surface area contributed by atoms with Gasteiger partial charge in [-0.15, -0.1) is 10.2 Å². The van der Waals surface area contributed by atoms with Gasteiger partial charge in [0.15, 0.2) is 28.9 Å². The molecule has 1 aliphatic heterocycles. The van der Waals surface area contributed by atoms with Crippen LogP contribution in [0.1, 0.15) is 33.6 Å². The van der Waals surface area contributed by atoms with Crippen molar-refractivity contribution >= 4 is 46.7 Å². The van der Waals surface area contributed by atoms with Crippen molar-refractivity contribution < 1.29 is 47.3 Å². The summed E-state index contributed by atoms with van der Waals surface area (Å²) in [5.41, 5.74) is 1.08. The van der Waals surface area contributed by atoms with E-state index in [4.69, 9.17) is 33.1 Å². The molecule has 1 saturated heterocycles. The number of nitrogens with zero attached hydrogens (tertiary/aromatic N) is 4. The Morgan fingerprint density at radius 3 is 2.13 bits per heavy atom. The third-order valence-corrected chi connectivity index (χ3v) is 7.70. The normalized spacial score (nSPS) is 21.2. The number of fused-ring (bicyclic) bond motifs is 1. The predicted octanol–water partition coefficient (Wildman–Crippen LogP) is 3.31. The number of hydrogen-bond donors (Lipinski definition) is 0. The molecular weight excluding hydrogens is 608 g/mol. The Bertz CT molecular complexity index is 1690. The van der Waals surface area contributed by atoms with Gasteiger partial charge in [0, 0.05) is 33.3 Å². The number of hydrogen-bond acceptors (Lipinski definition) is 14. The van der Waals surface area contributed by atoms with Gasteiger partial charge in [0.2, 0.25) is 11.8 Å². The van der Waals surface area contributed by atoms with Crippen LogP contribution in [0.3, 0.4) is 0 Å². The highest BCUT2D eigenvalue weighted by Crippen LogP contribution is 2.38. The second-order valence-corrected chi connectivity index (χ2v) is 11.1. The van der Waals surface area contributed by atoms with Crippen molar-refractivity contribution in [2.75, 3.05) is 6.61 Å². The standard InChI is InChI=1S/C30H30N4O10S/c1-16(35)39-15-23-25(40-17(2)36)26(41-18(3)37)27(42-19(4)38)29(43-23)45-30-31-21-12-8-9-13-22(21)34(30)14-24-32-33-28(44-24)20-10-6-5-7-11-20/h5-13,23,25-27,29H,14-15H2,1-4H3. The second kappa shape index (κ2) is 13.9. The molecule has 0 spiro atoms. The molecule has 0 aliphatic carbocycles. The molecule has 15 heteroatoms. The number of aromatic nitrogens is 4. The molecule has 3 heterocycles. The van der Waals surface area contributed by atoms with Crippen molar-refractivity contribution in [3.63, 3.8) is 0 Å². The van der Waals surface area contributed by atoms with Crippen LogP contribution in [0.2, 0.25) is 0 Å². The van der Waals surface area contributed by atoms with Gasteiger partial charge < -0.3 is 32.7 Å². The monoisotopic (exact) mass is 638 g/mol. The number of esters is 4. The van der Waals surface area contributed by atoms with E-state index < -0.39 is 53.7 Å². The van der Waals surface area contributed by atoms with E-state index in [0.29, 0.717) is 22.5 Å². The molecule has 45 heavy (non-hydrogen) atoms. The topological polar surface area (TPSA) is 171 Å². The van der Waals surface area contributed by atoms with Gasteiger partial charge in [-0.2, -0.15) is 0 Å². The first-order valence-corrected chi connectivity index (χ1v) is 14.8. The van der Waals surface area contributed by atoms with E-state index in [9.17, 15) is 19.2 Å². The maximum Gasteiger partial charge on any atom is 0.303 e. The molecule has 5 atom stereocenters. The molecule has 0 N–H and O–H groups in total. The van der Waals surface area contributed by atoms with Gasteiger partial charge in [-0.1, -0.05) is 42.1 Å². The van der Waals surface area contributed by atoms with Crippen LogP contribution in [0.5, 0.6) is 0 Å². The molecule has 14 nitrogen and oxygen atoms in total. The Kier molecular flexibility index (Phi) is 9.78. The number of carbonyl (C=O) groups is 4. The highest BCUT2D eigenvalue weighted by atomic mass is 32.2. The number of imidazole rings is 1. The predicted molar refractivity (Wildman–Crippen MR) is 156 cm³/mol.